The van der Waals surface area contributed by atoms with E-state index in [2.05, 4.69) is 25.5 Å². The third-order valence-corrected chi connectivity index (χ3v) is 5.50. The Morgan fingerprint density at radius 3 is 2.66 bits per heavy atom. The van der Waals surface area contributed by atoms with Gasteiger partial charge >= 0.3 is 0 Å². The van der Waals surface area contributed by atoms with Gasteiger partial charge in [0.15, 0.2) is 0 Å². The summed E-state index contributed by atoms with van der Waals surface area (Å²) in [6.45, 7) is 3.41. The second kappa shape index (κ2) is 11.9. The van der Waals surface area contributed by atoms with Gasteiger partial charge in [0.1, 0.15) is 17.4 Å². The molecule has 0 atom stereocenters. The molecule has 2 N–H and O–H groups in total. The van der Waals surface area contributed by atoms with Crippen molar-refractivity contribution >= 4 is 11.7 Å². The predicted octanol–water partition coefficient (Wildman–Crippen LogP) is 4.82. The van der Waals surface area contributed by atoms with Gasteiger partial charge in [-0.3, -0.25) is 4.79 Å². The number of carbonyl (C=O) groups excluding carboxylic acids is 1. The highest BCUT2D eigenvalue weighted by atomic mass is 16.5. The van der Waals surface area contributed by atoms with Gasteiger partial charge in [-0.05, 0) is 66.3 Å². The Morgan fingerprint density at radius 1 is 1.00 bits per heavy atom. The van der Waals surface area contributed by atoms with Crippen LogP contribution in [0.2, 0.25) is 0 Å². The van der Waals surface area contributed by atoms with Crippen LogP contribution in [0.5, 0.6) is 5.75 Å². The monoisotopic (exact) mass is 471 g/mol. The number of hydrogen-bond donors (Lipinski definition) is 2. The molecule has 4 rings (SSSR count). The quantitative estimate of drug-likeness (QED) is 0.304. The smallest absolute Gasteiger partial charge is 0.294 e. The summed E-state index contributed by atoms with van der Waals surface area (Å²) in [4.78, 5) is 20.0. The molecule has 35 heavy (non-hydrogen) atoms. The molecular weight excluding hydrogens is 442 g/mol. The average Bonchev–Trinajstić information content (AvgIpc) is 3.34. The van der Waals surface area contributed by atoms with Crippen molar-refractivity contribution in [2.75, 3.05) is 25.6 Å². The van der Waals surface area contributed by atoms with Crippen LogP contribution in [0.4, 0.5) is 5.82 Å². The highest BCUT2D eigenvalue weighted by Gasteiger charge is 2.14. The molecule has 0 radical (unpaired) electrons. The minimum Gasteiger partial charge on any atom is -0.494 e. The third kappa shape index (κ3) is 6.74. The molecule has 0 aliphatic heterocycles. The molecule has 0 unspecified atom stereocenters. The van der Waals surface area contributed by atoms with Crippen molar-refractivity contribution in [2.45, 2.75) is 26.2 Å². The fourth-order valence-electron chi connectivity index (χ4n) is 3.65. The molecule has 0 saturated heterocycles. The van der Waals surface area contributed by atoms with E-state index in [1.165, 1.54) is 0 Å². The average molecular weight is 472 g/mol. The Bertz CT molecular complexity index is 1260. The van der Waals surface area contributed by atoms with E-state index in [4.69, 9.17) is 9.47 Å². The van der Waals surface area contributed by atoms with Crippen LogP contribution >= 0.6 is 0 Å². The maximum absolute atomic E-state index is 12.7. The summed E-state index contributed by atoms with van der Waals surface area (Å²) in [6, 6.07) is 19.6. The number of H-pyrrole nitrogens is 1. The van der Waals surface area contributed by atoms with E-state index >= 15 is 0 Å². The maximum Gasteiger partial charge on any atom is 0.294 e. The van der Waals surface area contributed by atoms with Crippen molar-refractivity contribution in [2.24, 2.45) is 0 Å². The highest BCUT2D eigenvalue weighted by Crippen LogP contribution is 2.29. The summed E-state index contributed by atoms with van der Waals surface area (Å²) in [7, 11) is 1.70. The van der Waals surface area contributed by atoms with Crippen LogP contribution in [0.25, 0.3) is 11.1 Å². The molecule has 1 amide bonds. The van der Waals surface area contributed by atoms with Gasteiger partial charge < -0.3 is 19.8 Å². The first kappa shape index (κ1) is 24.1. The molecule has 2 heterocycles. The number of anilines is 1. The molecule has 8 nitrogen and oxygen atoms in total. The lowest BCUT2D eigenvalue weighted by Gasteiger charge is -2.12. The lowest BCUT2D eigenvalue weighted by molar-refractivity contribution is 0.101. The number of amides is 1. The molecule has 0 fully saturated rings. The summed E-state index contributed by atoms with van der Waals surface area (Å²) < 4.78 is 11.0. The number of unbranched alkanes of at least 4 members (excludes halogenated alkanes) is 1. The van der Waals surface area contributed by atoms with Crippen LogP contribution in [-0.2, 0) is 11.2 Å². The summed E-state index contributed by atoms with van der Waals surface area (Å²) in [6.07, 6.45) is 4.13. The number of pyridine rings is 1. The van der Waals surface area contributed by atoms with Crippen molar-refractivity contribution in [1.82, 2.24) is 20.2 Å². The molecular formula is C27H29N5O3. The van der Waals surface area contributed by atoms with Crippen LogP contribution in [0.3, 0.4) is 0 Å². The summed E-state index contributed by atoms with van der Waals surface area (Å²) in [5.74, 6) is 1.60. The van der Waals surface area contributed by atoms with Gasteiger partial charge in [-0.25, -0.2) is 4.98 Å². The first-order valence-corrected chi connectivity index (χ1v) is 11.6. The zero-order valence-electron chi connectivity index (χ0n) is 20.0. The van der Waals surface area contributed by atoms with Crippen LogP contribution in [0.1, 0.15) is 40.4 Å². The topological polar surface area (TPSA) is 102 Å². The van der Waals surface area contributed by atoms with E-state index in [1.54, 1.807) is 13.3 Å². The number of hydrogen-bond acceptors (Lipinski definition) is 6. The van der Waals surface area contributed by atoms with E-state index in [9.17, 15) is 4.79 Å². The van der Waals surface area contributed by atoms with Crippen molar-refractivity contribution < 1.29 is 14.3 Å². The molecule has 0 spiro atoms. The molecule has 8 heteroatoms. The molecule has 0 bridgehead atoms. The number of nitrogens with zero attached hydrogens (tertiary/aromatic N) is 3. The zero-order valence-corrected chi connectivity index (χ0v) is 20.0. The predicted molar refractivity (Wildman–Crippen MR) is 135 cm³/mol. The molecule has 180 valence electrons. The number of benzene rings is 2. The molecule has 4 aromatic rings. The van der Waals surface area contributed by atoms with Crippen molar-refractivity contribution in [3.05, 3.63) is 89.6 Å². The number of methoxy groups -OCH3 is 1. The Morgan fingerprint density at radius 2 is 1.83 bits per heavy atom. The number of ether oxygens (including phenoxy) is 2. The third-order valence-electron chi connectivity index (χ3n) is 5.50. The summed E-state index contributed by atoms with van der Waals surface area (Å²) in [5.41, 5.74) is 4.13. The second-order valence-electron chi connectivity index (χ2n) is 8.19. The number of nitrogens with one attached hydrogen (secondary N) is 2. The normalized spacial score (nSPS) is 10.8. The largest absolute Gasteiger partial charge is 0.494 e. The van der Waals surface area contributed by atoms with Crippen molar-refractivity contribution in [3.8, 4) is 16.9 Å². The fourth-order valence-corrected chi connectivity index (χ4v) is 3.65. The Kier molecular flexibility index (Phi) is 8.19. The maximum atomic E-state index is 12.7. The van der Waals surface area contributed by atoms with Crippen LogP contribution in [-0.4, -0.2) is 46.4 Å². The van der Waals surface area contributed by atoms with Gasteiger partial charge in [0, 0.05) is 26.3 Å². The second-order valence-corrected chi connectivity index (χ2v) is 8.19. The van der Waals surface area contributed by atoms with Crippen molar-refractivity contribution in [1.29, 1.82) is 0 Å². The Labute approximate surface area is 204 Å². The number of aromatic amines is 1. The molecule has 0 aliphatic rings. The van der Waals surface area contributed by atoms with Gasteiger partial charge in [0.25, 0.3) is 5.91 Å². The summed E-state index contributed by atoms with van der Waals surface area (Å²) in [5, 5.41) is 10.9. The van der Waals surface area contributed by atoms with Gasteiger partial charge in [-0.1, -0.05) is 36.4 Å². The van der Waals surface area contributed by atoms with Crippen LogP contribution in [0.15, 0.2) is 66.9 Å². The first-order valence-electron chi connectivity index (χ1n) is 11.6. The zero-order chi connectivity index (χ0) is 24.5. The SMILES string of the molecule is COCCCCOc1ccc(C)c(-c2ccnc(NC(=O)c3nnc(Cc4ccccc4)[nH]3)c2)c1. The van der Waals surface area contributed by atoms with E-state index in [0.717, 1.165) is 47.5 Å². The van der Waals surface area contributed by atoms with Crippen molar-refractivity contribution in [3.63, 3.8) is 0 Å². The molecule has 0 aliphatic carbocycles. The number of carbonyl (C=O) groups is 1. The van der Waals surface area contributed by atoms with Gasteiger partial charge in [-0.15, -0.1) is 10.2 Å². The van der Waals surface area contributed by atoms with E-state index in [-0.39, 0.29) is 5.82 Å². The molecule has 0 saturated carbocycles. The first-order chi connectivity index (χ1) is 17.1. The van der Waals surface area contributed by atoms with E-state index in [0.29, 0.717) is 24.7 Å². The number of aromatic nitrogens is 4. The minimum atomic E-state index is -0.397. The van der Waals surface area contributed by atoms with Crippen LogP contribution in [0, 0.1) is 6.92 Å². The number of aryl methyl sites for hydroxylation is 1. The molecule has 2 aromatic carbocycles. The van der Waals surface area contributed by atoms with E-state index in [1.807, 2.05) is 67.6 Å². The molecule has 2 aromatic heterocycles. The standard InChI is InChI=1S/C27H29N5O3/c1-19-10-11-22(35-15-7-6-14-34-2)18-23(19)21-12-13-28-24(17-21)30-27(33)26-29-25(31-32-26)16-20-8-4-3-5-9-20/h3-5,8-13,17-18H,6-7,14-16H2,1-2H3,(H,28,30,33)(H,29,31,32). The van der Waals surface area contributed by atoms with Gasteiger partial charge in [0.2, 0.25) is 5.82 Å². The van der Waals surface area contributed by atoms with E-state index < -0.39 is 5.91 Å². The van der Waals surface area contributed by atoms with Gasteiger partial charge in [0.05, 0.1) is 6.61 Å². The Balaban J connectivity index is 1.42. The lowest BCUT2D eigenvalue weighted by atomic mass is 10.0. The summed E-state index contributed by atoms with van der Waals surface area (Å²) >= 11 is 0. The Hall–Kier alpha value is -4.04. The number of rotatable bonds is 11. The van der Waals surface area contributed by atoms with Crippen LogP contribution < -0.4 is 10.1 Å². The van der Waals surface area contributed by atoms with Gasteiger partial charge in [-0.2, -0.15) is 0 Å². The highest BCUT2D eigenvalue weighted by molar-refractivity contribution is 6.01. The fraction of sp³-hybridized carbons (Fsp3) is 0.259. The minimum absolute atomic E-state index is 0.142. The lowest BCUT2D eigenvalue weighted by Crippen LogP contribution is -2.14.